The van der Waals surface area contributed by atoms with Crippen LogP contribution < -0.4 is 5.32 Å². The van der Waals surface area contributed by atoms with Gasteiger partial charge in [0.1, 0.15) is 0 Å². The fraction of sp³-hybridized carbons (Fsp3) is 0.833. The second-order valence-electron chi connectivity index (χ2n) is 4.80. The van der Waals surface area contributed by atoms with Crippen molar-refractivity contribution in [3.8, 4) is 0 Å². The molecule has 1 saturated heterocycles. The Morgan fingerprint density at radius 2 is 2.36 bits per heavy atom. The normalized spacial score (nSPS) is 34.6. The van der Waals surface area contributed by atoms with Crippen molar-refractivity contribution in [1.29, 1.82) is 0 Å². The molecule has 0 radical (unpaired) electrons. The molecule has 2 rings (SSSR count). The lowest BCUT2D eigenvalue weighted by Gasteiger charge is -2.33. The second-order valence-corrected chi connectivity index (χ2v) is 4.80. The quantitative estimate of drug-likeness (QED) is 0.672. The van der Waals surface area contributed by atoms with E-state index in [2.05, 4.69) is 29.3 Å². The topological polar surface area (TPSA) is 15.3 Å². The highest BCUT2D eigenvalue weighted by Crippen LogP contribution is 2.16. The number of hydrogen-bond donors (Lipinski definition) is 1. The van der Waals surface area contributed by atoms with Gasteiger partial charge in [-0.2, -0.15) is 0 Å². The van der Waals surface area contributed by atoms with Crippen LogP contribution in [0.5, 0.6) is 0 Å². The maximum Gasteiger partial charge on any atom is 0.0197 e. The molecule has 14 heavy (non-hydrogen) atoms. The van der Waals surface area contributed by atoms with Crippen LogP contribution in [0.25, 0.3) is 0 Å². The zero-order valence-electron chi connectivity index (χ0n) is 9.21. The predicted octanol–water partition coefficient (Wildman–Crippen LogP) is 1.64. The van der Waals surface area contributed by atoms with Gasteiger partial charge in [-0.15, -0.1) is 0 Å². The van der Waals surface area contributed by atoms with Crippen LogP contribution in [0.3, 0.4) is 0 Å². The fourth-order valence-electron chi connectivity index (χ4n) is 2.53. The zero-order chi connectivity index (χ0) is 9.80. The van der Waals surface area contributed by atoms with Crippen molar-refractivity contribution in [2.24, 2.45) is 5.92 Å². The Labute approximate surface area is 87.4 Å². The first kappa shape index (κ1) is 10.2. The number of rotatable bonds is 2. The Balaban J connectivity index is 1.75. The van der Waals surface area contributed by atoms with E-state index in [0.717, 1.165) is 18.5 Å². The Hall–Kier alpha value is -0.340. The van der Waals surface area contributed by atoms with Gasteiger partial charge in [-0.25, -0.2) is 0 Å². The zero-order valence-corrected chi connectivity index (χ0v) is 9.21. The molecule has 0 bridgehead atoms. The molecule has 0 aromatic heterocycles. The molecule has 1 N–H and O–H groups in total. The maximum absolute atomic E-state index is 3.63. The number of hydrogen-bond acceptors (Lipinski definition) is 2. The molecule has 0 saturated carbocycles. The van der Waals surface area contributed by atoms with Gasteiger partial charge in [-0.3, -0.25) is 4.90 Å². The SMILES string of the molecule is CC1CCNC(CN2CC=CCC2)C1. The first-order valence-electron chi connectivity index (χ1n) is 5.95. The number of nitrogens with zero attached hydrogens (tertiary/aromatic N) is 1. The fourth-order valence-corrected chi connectivity index (χ4v) is 2.53. The molecule has 1 fully saturated rings. The van der Waals surface area contributed by atoms with Crippen LogP contribution in [0.2, 0.25) is 0 Å². The van der Waals surface area contributed by atoms with Crippen LogP contribution in [0.1, 0.15) is 26.2 Å². The van der Waals surface area contributed by atoms with Crippen molar-refractivity contribution < 1.29 is 0 Å². The summed E-state index contributed by atoms with van der Waals surface area (Å²) in [7, 11) is 0. The summed E-state index contributed by atoms with van der Waals surface area (Å²) in [4.78, 5) is 2.57. The van der Waals surface area contributed by atoms with Crippen LogP contribution in [0.4, 0.5) is 0 Å². The van der Waals surface area contributed by atoms with Gasteiger partial charge in [0.15, 0.2) is 0 Å². The summed E-state index contributed by atoms with van der Waals surface area (Å²) in [5.74, 6) is 0.918. The van der Waals surface area contributed by atoms with Gasteiger partial charge in [-0.1, -0.05) is 19.1 Å². The summed E-state index contributed by atoms with van der Waals surface area (Å²) >= 11 is 0. The minimum atomic E-state index is 0.741. The van der Waals surface area contributed by atoms with Crippen molar-refractivity contribution >= 4 is 0 Å². The average molecular weight is 194 g/mol. The summed E-state index contributed by atoms with van der Waals surface area (Å²) in [6.07, 6.45) is 8.56. The van der Waals surface area contributed by atoms with Crippen molar-refractivity contribution in [3.63, 3.8) is 0 Å². The molecule has 0 amide bonds. The van der Waals surface area contributed by atoms with Gasteiger partial charge in [-0.05, 0) is 31.7 Å². The Bertz CT molecular complexity index is 200. The highest BCUT2D eigenvalue weighted by molar-refractivity contribution is 4.92. The Morgan fingerprint density at radius 3 is 3.07 bits per heavy atom. The third kappa shape index (κ3) is 2.82. The van der Waals surface area contributed by atoms with E-state index in [1.165, 1.54) is 38.9 Å². The van der Waals surface area contributed by atoms with E-state index in [4.69, 9.17) is 0 Å². The van der Waals surface area contributed by atoms with Crippen molar-refractivity contribution in [2.75, 3.05) is 26.2 Å². The molecule has 2 aliphatic heterocycles. The molecule has 0 aliphatic carbocycles. The molecule has 2 unspecified atom stereocenters. The van der Waals surface area contributed by atoms with Crippen LogP contribution in [-0.2, 0) is 0 Å². The summed E-state index contributed by atoms with van der Waals surface area (Å²) in [5.41, 5.74) is 0. The van der Waals surface area contributed by atoms with E-state index in [0.29, 0.717) is 0 Å². The molecular weight excluding hydrogens is 172 g/mol. The van der Waals surface area contributed by atoms with Gasteiger partial charge in [0.25, 0.3) is 0 Å². The smallest absolute Gasteiger partial charge is 0.0197 e. The lowest BCUT2D eigenvalue weighted by atomic mass is 9.94. The summed E-state index contributed by atoms with van der Waals surface area (Å²) in [5, 5.41) is 3.63. The minimum Gasteiger partial charge on any atom is -0.313 e. The number of piperidine rings is 1. The lowest BCUT2D eigenvalue weighted by molar-refractivity contribution is 0.218. The minimum absolute atomic E-state index is 0.741. The van der Waals surface area contributed by atoms with Gasteiger partial charge >= 0.3 is 0 Å². The molecule has 2 nitrogen and oxygen atoms in total. The van der Waals surface area contributed by atoms with Crippen LogP contribution in [-0.4, -0.2) is 37.1 Å². The van der Waals surface area contributed by atoms with Crippen molar-refractivity contribution in [3.05, 3.63) is 12.2 Å². The average Bonchev–Trinajstić information content (AvgIpc) is 2.19. The summed E-state index contributed by atoms with van der Waals surface area (Å²) in [6, 6.07) is 0.741. The molecule has 0 aromatic carbocycles. The van der Waals surface area contributed by atoms with E-state index in [9.17, 15) is 0 Å². The Morgan fingerprint density at radius 1 is 1.43 bits per heavy atom. The monoisotopic (exact) mass is 194 g/mol. The molecular formula is C12H22N2. The van der Waals surface area contributed by atoms with E-state index in [1.54, 1.807) is 0 Å². The molecule has 0 spiro atoms. The maximum atomic E-state index is 3.63. The van der Waals surface area contributed by atoms with Crippen LogP contribution in [0.15, 0.2) is 12.2 Å². The van der Waals surface area contributed by atoms with Gasteiger partial charge < -0.3 is 5.32 Å². The predicted molar refractivity (Wildman–Crippen MR) is 60.4 cm³/mol. The molecule has 2 atom stereocenters. The third-order valence-electron chi connectivity index (χ3n) is 3.38. The largest absolute Gasteiger partial charge is 0.313 e. The summed E-state index contributed by atoms with van der Waals surface area (Å²) < 4.78 is 0. The molecule has 2 heterocycles. The van der Waals surface area contributed by atoms with E-state index < -0.39 is 0 Å². The first-order valence-corrected chi connectivity index (χ1v) is 5.95. The molecule has 2 heteroatoms. The van der Waals surface area contributed by atoms with Crippen LogP contribution in [0, 0.1) is 5.92 Å². The Kier molecular flexibility index (Phi) is 3.60. The van der Waals surface area contributed by atoms with Gasteiger partial charge in [0.05, 0.1) is 0 Å². The highest BCUT2D eigenvalue weighted by Gasteiger charge is 2.20. The van der Waals surface area contributed by atoms with Gasteiger partial charge in [0.2, 0.25) is 0 Å². The second kappa shape index (κ2) is 4.94. The highest BCUT2D eigenvalue weighted by atomic mass is 15.1. The van der Waals surface area contributed by atoms with Gasteiger partial charge in [0, 0.05) is 25.7 Å². The van der Waals surface area contributed by atoms with E-state index in [-0.39, 0.29) is 0 Å². The standard InChI is InChI=1S/C12H22N2/c1-11-5-6-13-12(9-11)10-14-7-3-2-4-8-14/h2-3,11-13H,4-10H2,1H3. The first-order chi connectivity index (χ1) is 6.84. The number of nitrogens with one attached hydrogen (secondary N) is 1. The third-order valence-corrected chi connectivity index (χ3v) is 3.38. The van der Waals surface area contributed by atoms with Crippen molar-refractivity contribution in [1.82, 2.24) is 10.2 Å². The van der Waals surface area contributed by atoms with E-state index in [1.807, 2.05) is 0 Å². The van der Waals surface area contributed by atoms with E-state index >= 15 is 0 Å². The van der Waals surface area contributed by atoms with Crippen LogP contribution >= 0.6 is 0 Å². The van der Waals surface area contributed by atoms with Crippen molar-refractivity contribution in [2.45, 2.75) is 32.2 Å². The molecule has 0 aromatic rings. The summed E-state index contributed by atoms with van der Waals surface area (Å²) in [6.45, 7) is 7.25. The lowest BCUT2D eigenvalue weighted by Crippen LogP contribution is -2.46. The molecule has 80 valence electrons. The molecule has 2 aliphatic rings.